The summed E-state index contributed by atoms with van der Waals surface area (Å²) in [6, 6.07) is 6.67. The van der Waals surface area contributed by atoms with Gasteiger partial charge in [-0.15, -0.1) is 0 Å². The number of nitrogens with one attached hydrogen (secondary N) is 1. The van der Waals surface area contributed by atoms with Crippen molar-refractivity contribution >= 4 is 17.7 Å². The number of rotatable bonds is 6. The van der Waals surface area contributed by atoms with Crippen LogP contribution >= 0.6 is 11.8 Å². The Kier molecular flexibility index (Phi) is 7.33. The van der Waals surface area contributed by atoms with Gasteiger partial charge in [0, 0.05) is 25.9 Å². The summed E-state index contributed by atoms with van der Waals surface area (Å²) in [5.41, 5.74) is 0.943. The molecule has 0 aliphatic carbocycles. The highest BCUT2D eigenvalue weighted by atomic mass is 32.2. The molecule has 1 aromatic carbocycles. The minimum absolute atomic E-state index is 0.199. The maximum Gasteiger partial charge on any atom is 0.193 e. The molecular weight excluding hydrogens is 261 g/mol. The molecule has 0 bridgehead atoms. The number of nitrogens with zero attached hydrogens (tertiary/aromatic N) is 2. The van der Waals surface area contributed by atoms with Gasteiger partial charge < -0.3 is 10.2 Å². The standard InChI is InChI=1S/C14H22FN3S/c1-4-16-14(17-8-9-19-3)18(2)11-12-6-5-7-13(15)10-12/h5-7,10H,4,8-9,11H2,1-3H3,(H,16,17). The van der Waals surface area contributed by atoms with Gasteiger partial charge in [0.1, 0.15) is 5.82 Å². The fourth-order valence-electron chi connectivity index (χ4n) is 1.70. The molecule has 106 valence electrons. The molecule has 0 atom stereocenters. The van der Waals surface area contributed by atoms with E-state index < -0.39 is 0 Å². The van der Waals surface area contributed by atoms with Gasteiger partial charge in [0.15, 0.2) is 5.96 Å². The first-order valence-electron chi connectivity index (χ1n) is 6.40. The first kappa shape index (κ1) is 15.8. The smallest absolute Gasteiger partial charge is 0.193 e. The molecule has 19 heavy (non-hydrogen) atoms. The van der Waals surface area contributed by atoms with Gasteiger partial charge in [-0.3, -0.25) is 4.99 Å². The molecule has 0 saturated carbocycles. The van der Waals surface area contributed by atoms with Crippen molar-refractivity contribution in [2.24, 2.45) is 4.99 Å². The zero-order chi connectivity index (χ0) is 14.1. The molecule has 0 aromatic heterocycles. The van der Waals surface area contributed by atoms with Gasteiger partial charge in [0.2, 0.25) is 0 Å². The van der Waals surface area contributed by atoms with Crippen molar-refractivity contribution in [3.63, 3.8) is 0 Å². The number of thioether (sulfide) groups is 1. The van der Waals surface area contributed by atoms with Crippen LogP contribution in [0.3, 0.4) is 0 Å². The molecule has 0 aliphatic heterocycles. The van der Waals surface area contributed by atoms with E-state index in [-0.39, 0.29) is 5.82 Å². The van der Waals surface area contributed by atoms with E-state index >= 15 is 0 Å². The normalized spacial score (nSPS) is 11.5. The van der Waals surface area contributed by atoms with Crippen LogP contribution in [-0.4, -0.2) is 43.0 Å². The Morgan fingerprint density at radius 2 is 2.26 bits per heavy atom. The molecule has 0 saturated heterocycles. The van der Waals surface area contributed by atoms with Crippen molar-refractivity contribution in [2.75, 3.05) is 32.1 Å². The first-order chi connectivity index (χ1) is 9.17. The van der Waals surface area contributed by atoms with Crippen molar-refractivity contribution in [2.45, 2.75) is 13.5 Å². The van der Waals surface area contributed by atoms with Crippen LogP contribution in [0.1, 0.15) is 12.5 Å². The van der Waals surface area contributed by atoms with E-state index in [0.717, 1.165) is 30.4 Å². The lowest BCUT2D eigenvalue weighted by Crippen LogP contribution is -2.38. The van der Waals surface area contributed by atoms with Crippen molar-refractivity contribution in [3.05, 3.63) is 35.6 Å². The van der Waals surface area contributed by atoms with Crippen LogP contribution in [0.5, 0.6) is 0 Å². The topological polar surface area (TPSA) is 27.6 Å². The van der Waals surface area contributed by atoms with Crippen LogP contribution in [0.4, 0.5) is 4.39 Å². The van der Waals surface area contributed by atoms with Gasteiger partial charge in [-0.25, -0.2) is 4.39 Å². The van der Waals surface area contributed by atoms with E-state index in [4.69, 9.17) is 0 Å². The summed E-state index contributed by atoms with van der Waals surface area (Å²) >= 11 is 1.78. The fraction of sp³-hybridized carbons (Fsp3) is 0.500. The molecule has 0 radical (unpaired) electrons. The molecule has 3 nitrogen and oxygen atoms in total. The summed E-state index contributed by atoms with van der Waals surface area (Å²) in [6.45, 7) is 4.30. The second kappa shape index (κ2) is 8.80. The van der Waals surface area contributed by atoms with Crippen LogP contribution in [0, 0.1) is 5.82 Å². The number of hydrogen-bond acceptors (Lipinski definition) is 2. The lowest BCUT2D eigenvalue weighted by molar-refractivity contribution is 0.475. The van der Waals surface area contributed by atoms with Gasteiger partial charge >= 0.3 is 0 Å². The molecule has 0 unspecified atom stereocenters. The predicted molar refractivity (Wildman–Crippen MR) is 82.2 cm³/mol. The third-order valence-electron chi connectivity index (χ3n) is 2.56. The van der Waals surface area contributed by atoms with Crippen LogP contribution in [-0.2, 0) is 6.54 Å². The van der Waals surface area contributed by atoms with Gasteiger partial charge in [-0.2, -0.15) is 11.8 Å². The fourth-order valence-corrected chi connectivity index (χ4v) is 1.97. The zero-order valence-corrected chi connectivity index (χ0v) is 12.6. The third kappa shape index (κ3) is 5.96. The molecule has 0 aliphatic rings. The average Bonchev–Trinajstić information content (AvgIpc) is 2.38. The summed E-state index contributed by atoms with van der Waals surface area (Å²) in [7, 11) is 1.96. The minimum Gasteiger partial charge on any atom is -0.357 e. The van der Waals surface area contributed by atoms with Gasteiger partial charge in [-0.1, -0.05) is 12.1 Å². The highest BCUT2D eigenvalue weighted by Gasteiger charge is 2.06. The quantitative estimate of drug-likeness (QED) is 0.494. The maximum absolute atomic E-state index is 13.1. The average molecular weight is 283 g/mol. The molecule has 0 spiro atoms. The van der Waals surface area contributed by atoms with E-state index in [1.54, 1.807) is 23.9 Å². The van der Waals surface area contributed by atoms with E-state index in [1.807, 2.05) is 24.9 Å². The van der Waals surface area contributed by atoms with Gasteiger partial charge in [0.25, 0.3) is 0 Å². The Balaban J connectivity index is 2.65. The first-order valence-corrected chi connectivity index (χ1v) is 7.79. The minimum atomic E-state index is -0.199. The van der Waals surface area contributed by atoms with E-state index in [1.165, 1.54) is 6.07 Å². The number of benzene rings is 1. The number of guanidine groups is 1. The van der Waals surface area contributed by atoms with E-state index in [2.05, 4.69) is 16.6 Å². The Bertz CT molecular complexity index is 409. The maximum atomic E-state index is 13.1. The van der Waals surface area contributed by atoms with Crippen LogP contribution in [0.25, 0.3) is 0 Å². The largest absolute Gasteiger partial charge is 0.357 e. The van der Waals surface area contributed by atoms with Crippen LogP contribution < -0.4 is 5.32 Å². The van der Waals surface area contributed by atoms with E-state index in [9.17, 15) is 4.39 Å². The summed E-state index contributed by atoms with van der Waals surface area (Å²) in [5.74, 6) is 1.67. The lowest BCUT2D eigenvalue weighted by Gasteiger charge is -2.22. The van der Waals surface area contributed by atoms with Gasteiger partial charge in [0.05, 0.1) is 6.54 Å². The van der Waals surface area contributed by atoms with Crippen molar-refractivity contribution in [1.29, 1.82) is 0 Å². The molecular formula is C14H22FN3S. The summed E-state index contributed by atoms with van der Waals surface area (Å²) in [6.07, 6.45) is 2.07. The van der Waals surface area contributed by atoms with Gasteiger partial charge in [-0.05, 0) is 30.9 Å². The summed E-state index contributed by atoms with van der Waals surface area (Å²) < 4.78 is 13.1. The van der Waals surface area contributed by atoms with Crippen molar-refractivity contribution in [1.82, 2.24) is 10.2 Å². The van der Waals surface area contributed by atoms with Crippen LogP contribution in [0.2, 0.25) is 0 Å². The zero-order valence-electron chi connectivity index (χ0n) is 11.8. The second-order valence-corrected chi connectivity index (χ2v) is 5.20. The number of halogens is 1. The molecule has 0 fully saturated rings. The van der Waals surface area contributed by atoms with Crippen molar-refractivity contribution in [3.8, 4) is 0 Å². The SMILES string of the molecule is CCNC(=NCCSC)N(C)Cc1cccc(F)c1. The number of hydrogen-bond donors (Lipinski definition) is 1. The third-order valence-corrected chi connectivity index (χ3v) is 3.15. The van der Waals surface area contributed by atoms with Crippen molar-refractivity contribution < 1.29 is 4.39 Å². The number of aliphatic imine (C=N–C) groups is 1. The lowest BCUT2D eigenvalue weighted by atomic mass is 10.2. The molecule has 1 aromatic rings. The molecule has 0 heterocycles. The monoisotopic (exact) mass is 283 g/mol. The predicted octanol–water partition coefficient (Wildman–Crippen LogP) is 2.59. The molecule has 1 N–H and O–H groups in total. The summed E-state index contributed by atoms with van der Waals surface area (Å²) in [4.78, 5) is 6.55. The Morgan fingerprint density at radius 1 is 1.47 bits per heavy atom. The Morgan fingerprint density at radius 3 is 2.89 bits per heavy atom. The second-order valence-electron chi connectivity index (χ2n) is 4.21. The molecule has 0 amide bonds. The highest BCUT2D eigenvalue weighted by molar-refractivity contribution is 7.98. The van der Waals surface area contributed by atoms with E-state index in [0.29, 0.717) is 6.54 Å². The van der Waals surface area contributed by atoms with Crippen LogP contribution in [0.15, 0.2) is 29.3 Å². The Hall–Kier alpha value is -1.23. The summed E-state index contributed by atoms with van der Waals surface area (Å²) in [5, 5.41) is 3.25. The highest BCUT2D eigenvalue weighted by Crippen LogP contribution is 2.06. The Labute approximate surface area is 119 Å². The molecule has 1 rings (SSSR count). The molecule has 5 heteroatoms.